The maximum Gasteiger partial charge on any atom is 0.129 e. The number of ether oxygens (including phenoxy) is 1. The summed E-state index contributed by atoms with van der Waals surface area (Å²) in [5.74, 6) is 0.447. The van der Waals surface area contributed by atoms with E-state index >= 15 is 0 Å². The van der Waals surface area contributed by atoms with E-state index in [1.54, 1.807) is 18.2 Å². The SMILES string of the molecule is Cc1c(Cl)cccc1NCc1cc(Br)ccc1OCc1ccccc1F. The third-order valence-electron chi connectivity index (χ3n) is 4.10. The number of nitrogens with one attached hydrogen (secondary N) is 1. The molecule has 0 unspecified atom stereocenters. The molecule has 3 aromatic rings. The molecule has 0 heterocycles. The molecule has 0 bridgehead atoms. The van der Waals surface area contributed by atoms with Crippen LogP contribution in [0.2, 0.25) is 5.02 Å². The maximum absolute atomic E-state index is 13.8. The highest BCUT2D eigenvalue weighted by Gasteiger charge is 2.09. The molecule has 1 N–H and O–H groups in total. The van der Waals surface area contributed by atoms with Gasteiger partial charge >= 0.3 is 0 Å². The van der Waals surface area contributed by atoms with Gasteiger partial charge in [0.15, 0.2) is 0 Å². The fourth-order valence-electron chi connectivity index (χ4n) is 2.59. The van der Waals surface area contributed by atoms with Gasteiger partial charge in [0.2, 0.25) is 0 Å². The Morgan fingerprint density at radius 2 is 1.85 bits per heavy atom. The van der Waals surface area contributed by atoms with Crippen molar-refractivity contribution in [2.45, 2.75) is 20.1 Å². The van der Waals surface area contributed by atoms with Crippen molar-refractivity contribution >= 4 is 33.2 Å². The van der Waals surface area contributed by atoms with Crippen molar-refractivity contribution < 1.29 is 9.13 Å². The number of halogens is 3. The summed E-state index contributed by atoms with van der Waals surface area (Å²) >= 11 is 9.67. The molecule has 0 saturated heterocycles. The van der Waals surface area contributed by atoms with Crippen LogP contribution in [-0.2, 0) is 13.2 Å². The van der Waals surface area contributed by atoms with Gasteiger partial charge in [-0.05, 0) is 48.9 Å². The van der Waals surface area contributed by atoms with Crippen LogP contribution >= 0.6 is 27.5 Å². The Kier molecular flexibility index (Phi) is 6.17. The molecule has 0 aliphatic heterocycles. The highest BCUT2D eigenvalue weighted by Crippen LogP contribution is 2.27. The van der Waals surface area contributed by atoms with Crippen LogP contribution < -0.4 is 10.1 Å². The minimum absolute atomic E-state index is 0.178. The fraction of sp³-hybridized carbons (Fsp3) is 0.143. The molecule has 0 amide bonds. The van der Waals surface area contributed by atoms with Gasteiger partial charge in [-0.3, -0.25) is 0 Å². The summed E-state index contributed by atoms with van der Waals surface area (Å²) in [4.78, 5) is 0. The normalized spacial score (nSPS) is 10.6. The lowest BCUT2D eigenvalue weighted by molar-refractivity contribution is 0.297. The average Bonchev–Trinajstić information content (AvgIpc) is 2.63. The quantitative estimate of drug-likeness (QED) is 0.464. The Morgan fingerprint density at radius 1 is 1.04 bits per heavy atom. The van der Waals surface area contributed by atoms with Gasteiger partial charge in [-0.25, -0.2) is 4.39 Å². The molecule has 134 valence electrons. The van der Waals surface area contributed by atoms with E-state index in [0.717, 1.165) is 26.3 Å². The molecule has 2 nitrogen and oxygen atoms in total. The van der Waals surface area contributed by atoms with Crippen molar-refractivity contribution in [3.63, 3.8) is 0 Å². The Balaban J connectivity index is 1.75. The van der Waals surface area contributed by atoms with Crippen LogP contribution in [0.5, 0.6) is 5.75 Å². The van der Waals surface area contributed by atoms with Gasteiger partial charge in [0.1, 0.15) is 18.2 Å². The lowest BCUT2D eigenvalue weighted by atomic mass is 10.1. The zero-order valence-corrected chi connectivity index (χ0v) is 16.6. The Morgan fingerprint density at radius 3 is 2.65 bits per heavy atom. The van der Waals surface area contributed by atoms with Crippen LogP contribution in [0.25, 0.3) is 0 Å². The second-order valence-corrected chi connectivity index (χ2v) is 7.22. The Labute approximate surface area is 166 Å². The minimum Gasteiger partial charge on any atom is -0.488 e. The van der Waals surface area contributed by atoms with Gasteiger partial charge < -0.3 is 10.1 Å². The first kappa shape index (κ1) is 18.7. The van der Waals surface area contributed by atoms with Crippen LogP contribution in [0.4, 0.5) is 10.1 Å². The molecule has 3 rings (SSSR count). The van der Waals surface area contributed by atoms with Crippen LogP contribution in [0, 0.1) is 12.7 Å². The molecule has 0 aromatic heterocycles. The predicted octanol–water partition coefficient (Wildman–Crippen LogP) is 6.74. The van der Waals surface area contributed by atoms with Crippen LogP contribution in [0.15, 0.2) is 65.1 Å². The number of benzene rings is 3. The second kappa shape index (κ2) is 8.56. The zero-order valence-electron chi connectivity index (χ0n) is 14.2. The van der Waals surface area contributed by atoms with E-state index in [1.165, 1.54) is 6.07 Å². The summed E-state index contributed by atoms with van der Waals surface area (Å²) in [6.45, 7) is 2.71. The third-order valence-corrected chi connectivity index (χ3v) is 5.00. The van der Waals surface area contributed by atoms with Crippen molar-refractivity contribution in [3.05, 3.63) is 92.7 Å². The molecule has 0 spiro atoms. The molecule has 0 saturated carbocycles. The molecule has 0 aliphatic carbocycles. The first-order valence-corrected chi connectivity index (χ1v) is 9.35. The molecule has 0 fully saturated rings. The van der Waals surface area contributed by atoms with Gasteiger partial charge in [0, 0.05) is 32.9 Å². The predicted molar refractivity (Wildman–Crippen MR) is 108 cm³/mol. The van der Waals surface area contributed by atoms with Crippen LogP contribution in [0.1, 0.15) is 16.7 Å². The summed E-state index contributed by atoms with van der Waals surface area (Å²) in [6.07, 6.45) is 0. The van der Waals surface area contributed by atoms with E-state index in [4.69, 9.17) is 16.3 Å². The van der Waals surface area contributed by atoms with E-state index in [0.29, 0.717) is 17.9 Å². The number of hydrogen-bond acceptors (Lipinski definition) is 2. The van der Waals surface area contributed by atoms with Crippen molar-refractivity contribution in [2.24, 2.45) is 0 Å². The monoisotopic (exact) mass is 433 g/mol. The molecule has 0 aliphatic rings. The average molecular weight is 435 g/mol. The second-order valence-electron chi connectivity index (χ2n) is 5.90. The first-order valence-electron chi connectivity index (χ1n) is 8.18. The van der Waals surface area contributed by atoms with E-state index in [-0.39, 0.29) is 12.4 Å². The van der Waals surface area contributed by atoms with Gasteiger partial charge in [0.05, 0.1) is 0 Å². The van der Waals surface area contributed by atoms with E-state index in [2.05, 4.69) is 21.2 Å². The van der Waals surface area contributed by atoms with Gasteiger partial charge in [-0.2, -0.15) is 0 Å². The standard InChI is InChI=1S/C21H18BrClFNO/c1-14-18(23)6-4-8-20(14)25-12-16-11-17(22)9-10-21(16)26-13-15-5-2-3-7-19(15)24/h2-11,25H,12-13H2,1H3. The molecule has 0 atom stereocenters. The summed E-state index contributed by atoms with van der Waals surface area (Å²) in [6, 6.07) is 18.2. The van der Waals surface area contributed by atoms with Gasteiger partial charge in [-0.15, -0.1) is 0 Å². The summed E-state index contributed by atoms with van der Waals surface area (Å²) in [7, 11) is 0. The minimum atomic E-state index is -0.265. The Hall–Kier alpha value is -2.04. The smallest absolute Gasteiger partial charge is 0.129 e. The zero-order chi connectivity index (χ0) is 18.5. The molecule has 3 aromatic carbocycles. The molecule has 5 heteroatoms. The third kappa shape index (κ3) is 4.57. The fourth-order valence-corrected chi connectivity index (χ4v) is 3.17. The van der Waals surface area contributed by atoms with Crippen molar-refractivity contribution in [3.8, 4) is 5.75 Å². The highest BCUT2D eigenvalue weighted by atomic mass is 79.9. The van der Waals surface area contributed by atoms with Gasteiger partial charge in [0.25, 0.3) is 0 Å². The summed E-state index contributed by atoms with van der Waals surface area (Å²) in [5, 5.41) is 4.11. The maximum atomic E-state index is 13.8. The van der Waals surface area contributed by atoms with Crippen molar-refractivity contribution in [2.75, 3.05) is 5.32 Å². The number of anilines is 1. The number of hydrogen-bond donors (Lipinski definition) is 1. The van der Waals surface area contributed by atoms with E-state index in [1.807, 2.05) is 43.3 Å². The van der Waals surface area contributed by atoms with Crippen molar-refractivity contribution in [1.29, 1.82) is 0 Å². The van der Waals surface area contributed by atoms with Crippen LogP contribution in [-0.4, -0.2) is 0 Å². The van der Waals surface area contributed by atoms with Crippen molar-refractivity contribution in [1.82, 2.24) is 0 Å². The highest BCUT2D eigenvalue weighted by molar-refractivity contribution is 9.10. The largest absolute Gasteiger partial charge is 0.488 e. The summed E-state index contributed by atoms with van der Waals surface area (Å²) in [5.41, 5.74) is 3.46. The van der Waals surface area contributed by atoms with Gasteiger partial charge in [-0.1, -0.05) is 51.8 Å². The van der Waals surface area contributed by atoms with E-state index < -0.39 is 0 Å². The number of rotatable bonds is 6. The molecule has 26 heavy (non-hydrogen) atoms. The lowest BCUT2D eigenvalue weighted by Crippen LogP contribution is -2.05. The van der Waals surface area contributed by atoms with Crippen LogP contribution in [0.3, 0.4) is 0 Å². The topological polar surface area (TPSA) is 21.3 Å². The lowest BCUT2D eigenvalue weighted by Gasteiger charge is -2.15. The molecular formula is C21H18BrClFNO. The Bertz CT molecular complexity index is 916. The molecular weight excluding hydrogens is 417 g/mol. The molecule has 0 radical (unpaired) electrons. The first-order chi connectivity index (χ1) is 12.5. The summed E-state index contributed by atoms with van der Waals surface area (Å²) < 4.78 is 20.6. The van der Waals surface area contributed by atoms with E-state index in [9.17, 15) is 4.39 Å².